The van der Waals surface area contributed by atoms with E-state index in [2.05, 4.69) is 25.6 Å². The Labute approximate surface area is 148 Å². The van der Waals surface area contributed by atoms with Gasteiger partial charge >= 0.3 is 6.03 Å². The molecule has 7 nitrogen and oxygen atoms in total. The van der Waals surface area contributed by atoms with Crippen molar-refractivity contribution in [2.24, 2.45) is 0 Å². The standard InChI is InChI=1S/C18H26N6O/c1-13-10-15(3)24(22-13)12-14(2)20-18(25)21-16-6-7-17(19-11-16)23-8-4-5-9-23/h6-7,10-11,14H,4-5,8-9,12H2,1-3H3,(H2,20,21,25)/t14-/m1/s1. The van der Waals surface area contributed by atoms with Gasteiger partial charge in [0.05, 0.1) is 24.1 Å². The highest BCUT2D eigenvalue weighted by atomic mass is 16.2. The fourth-order valence-corrected chi connectivity index (χ4v) is 3.15. The van der Waals surface area contributed by atoms with Crippen LogP contribution in [0.25, 0.3) is 0 Å². The lowest BCUT2D eigenvalue weighted by molar-refractivity contribution is 0.247. The summed E-state index contributed by atoms with van der Waals surface area (Å²) in [6, 6.07) is 5.62. The number of aryl methyl sites for hydroxylation is 2. The van der Waals surface area contributed by atoms with Crippen LogP contribution in [-0.4, -0.2) is 39.9 Å². The van der Waals surface area contributed by atoms with Gasteiger partial charge in [0, 0.05) is 24.8 Å². The number of hydrogen-bond donors (Lipinski definition) is 2. The molecule has 7 heteroatoms. The Kier molecular flexibility index (Phi) is 5.21. The highest BCUT2D eigenvalue weighted by Gasteiger charge is 2.14. The van der Waals surface area contributed by atoms with Crippen LogP contribution in [0.2, 0.25) is 0 Å². The average Bonchev–Trinajstić information content (AvgIpc) is 3.18. The second kappa shape index (κ2) is 7.55. The molecule has 1 aliphatic rings. The average molecular weight is 342 g/mol. The van der Waals surface area contributed by atoms with E-state index in [1.807, 2.05) is 43.7 Å². The minimum absolute atomic E-state index is 0.0326. The van der Waals surface area contributed by atoms with Crippen molar-refractivity contribution in [1.82, 2.24) is 20.1 Å². The third kappa shape index (κ3) is 4.49. The van der Waals surface area contributed by atoms with Crippen LogP contribution in [0.15, 0.2) is 24.4 Å². The normalized spacial score (nSPS) is 15.2. The number of urea groups is 1. The number of carbonyl (C=O) groups is 1. The van der Waals surface area contributed by atoms with Gasteiger partial charge in [-0.15, -0.1) is 0 Å². The van der Waals surface area contributed by atoms with Gasteiger partial charge in [-0.3, -0.25) is 4.68 Å². The highest BCUT2D eigenvalue weighted by molar-refractivity contribution is 5.89. The van der Waals surface area contributed by atoms with Gasteiger partial charge < -0.3 is 15.5 Å². The Morgan fingerprint density at radius 2 is 2.04 bits per heavy atom. The quantitative estimate of drug-likeness (QED) is 0.876. The maximum atomic E-state index is 12.2. The van der Waals surface area contributed by atoms with Crippen LogP contribution in [0.3, 0.4) is 0 Å². The van der Waals surface area contributed by atoms with E-state index in [0.717, 1.165) is 30.3 Å². The number of pyridine rings is 1. The summed E-state index contributed by atoms with van der Waals surface area (Å²) < 4.78 is 1.91. The SMILES string of the molecule is Cc1cc(C)n(C[C@@H](C)NC(=O)Nc2ccc(N3CCCC3)nc2)n1. The van der Waals surface area contributed by atoms with Crippen molar-refractivity contribution >= 4 is 17.5 Å². The maximum absolute atomic E-state index is 12.2. The third-order valence-corrected chi connectivity index (χ3v) is 4.36. The molecule has 0 spiro atoms. The molecule has 2 amide bonds. The predicted octanol–water partition coefficient (Wildman–Crippen LogP) is 2.71. The second-order valence-electron chi connectivity index (χ2n) is 6.71. The van der Waals surface area contributed by atoms with E-state index in [4.69, 9.17) is 0 Å². The number of hydrogen-bond acceptors (Lipinski definition) is 4. The molecule has 0 unspecified atom stereocenters. The Morgan fingerprint density at radius 3 is 2.64 bits per heavy atom. The molecule has 1 fully saturated rings. The highest BCUT2D eigenvalue weighted by Crippen LogP contribution is 2.19. The molecule has 2 aromatic rings. The number of aromatic nitrogens is 3. The molecule has 2 N–H and O–H groups in total. The van der Waals surface area contributed by atoms with E-state index in [0.29, 0.717) is 12.2 Å². The fourth-order valence-electron chi connectivity index (χ4n) is 3.15. The second-order valence-corrected chi connectivity index (χ2v) is 6.71. The molecule has 1 saturated heterocycles. The van der Waals surface area contributed by atoms with Gasteiger partial charge in [0.25, 0.3) is 0 Å². The molecule has 0 bridgehead atoms. The summed E-state index contributed by atoms with van der Waals surface area (Å²) in [5, 5.41) is 10.2. The molecule has 134 valence electrons. The fraction of sp³-hybridized carbons (Fsp3) is 0.500. The largest absolute Gasteiger partial charge is 0.357 e. The van der Waals surface area contributed by atoms with Crippen molar-refractivity contribution in [2.75, 3.05) is 23.3 Å². The van der Waals surface area contributed by atoms with Crippen LogP contribution < -0.4 is 15.5 Å². The summed E-state index contributed by atoms with van der Waals surface area (Å²) in [6.07, 6.45) is 4.15. The van der Waals surface area contributed by atoms with Gasteiger partial charge in [-0.05, 0) is 51.8 Å². The van der Waals surface area contributed by atoms with Crippen LogP contribution >= 0.6 is 0 Å². The first-order valence-corrected chi connectivity index (χ1v) is 8.81. The molecule has 0 aromatic carbocycles. The Morgan fingerprint density at radius 1 is 1.28 bits per heavy atom. The van der Waals surface area contributed by atoms with Crippen molar-refractivity contribution in [3.8, 4) is 0 Å². The first-order valence-electron chi connectivity index (χ1n) is 8.81. The van der Waals surface area contributed by atoms with Gasteiger partial charge in [-0.25, -0.2) is 9.78 Å². The zero-order valence-electron chi connectivity index (χ0n) is 15.1. The van der Waals surface area contributed by atoms with Gasteiger partial charge in [-0.1, -0.05) is 0 Å². The molecule has 0 saturated carbocycles. The van der Waals surface area contributed by atoms with Gasteiger partial charge in [0.15, 0.2) is 0 Å². The summed E-state index contributed by atoms with van der Waals surface area (Å²) in [7, 11) is 0. The van der Waals surface area contributed by atoms with Crippen molar-refractivity contribution < 1.29 is 4.79 Å². The van der Waals surface area contributed by atoms with Gasteiger partial charge in [-0.2, -0.15) is 5.10 Å². The Bertz CT molecular complexity index is 718. The summed E-state index contributed by atoms with van der Waals surface area (Å²) in [5.74, 6) is 0.973. The van der Waals surface area contributed by atoms with E-state index in [1.165, 1.54) is 12.8 Å². The van der Waals surface area contributed by atoms with E-state index >= 15 is 0 Å². The summed E-state index contributed by atoms with van der Waals surface area (Å²) >= 11 is 0. The van der Waals surface area contributed by atoms with Gasteiger partial charge in [0.1, 0.15) is 5.82 Å². The molecule has 3 heterocycles. The van der Waals surface area contributed by atoms with Crippen LogP contribution in [0.4, 0.5) is 16.3 Å². The number of carbonyl (C=O) groups excluding carboxylic acids is 1. The number of amides is 2. The summed E-state index contributed by atoms with van der Waals surface area (Å²) in [6.45, 7) is 8.70. The molecule has 0 aliphatic carbocycles. The first-order chi connectivity index (χ1) is 12.0. The van der Waals surface area contributed by atoms with Crippen LogP contribution in [0.1, 0.15) is 31.2 Å². The molecular weight excluding hydrogens is 316 g/mol. The minimum Gasteiger partial charge on any atom is -0.357 e. The number of nitrogens with zero attached hydrogens (tertiary/aromatic N) is 4. The van der Waals surface area contributed by atoms with E-state index < -0.39 is 0 Å². The molecule has 1 aliphatic heterocycles. The number of nitrogens with one attached hydrogen (secondary N) is 2. The molecular formula is C18H26N6O. The topological polar surface area (TPSA) is 75.1 Å². The molecule has 2 aromatic heterocycles. The monoisotopic (exact) mass is 342 g/mol. The van der Waals surface area contributed by atoms with Crippen LogP contribution in [0.5, 0.6) is 0 Å². The van der Waals surface area contributed by atoms with E-state index in [-0.39, 0.29) is 12.1 Å². The molecule has 3 rings (SSSR count). The van der Waals surface area contributed by atoms with E-state index in [1.54, 1.807) is 6.20 Å². The summed E-state index contributed by atoms with van der Waals surface area (Å²) in [4.78, 5) is 18.9. The van der Waals surface area contributed by atoms with Crippen molar-refractivity contribution in [3.63, 3.8) is 0 Å². The lowest BCUT2D eigenvalue weighted by Gasteiger charge is -2.17. The molecule has 1 atom stereocenters. The lowest BCUT2D eigenvalue weighted by atomic mass is 10.3. The van der Waals surface area contributed by atoms with E-state index in [9.17, 15) is 4.79 Å². The molecule has 0 radical (unpaired) electrons. The van der Waals surface area contributed by atoms with Crippen LogP contribution in [0, 0.1) is 13.8 Å². The summed E-state index contributed by atoms with van der Waals surface area (Å²) in [5.41, 5.74) is 2.77. The predicted molar refractivity (Wildman–Crippen MR) is 99.0 cm³/mol. The molecule has 25 heavy (non-hydrogen) atoms. The number of anilines is 2. The lowest BCUT2D eigenvalue weighted by Crippen LogP contribution is -2.39. The minimum atomic E-state index is -0.232. The van der Waals surface area contributed by atoms with Crippen LogP contribution in [-0.2, 0) is 6.54 Å². The number of rotatable bonds is 5. The van der Waals surface area contributed by atoms with Crippen molar-refractivity contribution in [2.45, 2.75) is 46.2 Å². The Hall–Kier alpha value is -2.57. The maximum Gasteiger partial charge on any atom is 0.319 e. The zero-order chi connectivity index (χ0) is 17.8. The first kappa shape index (κ1) is 17.3. The third-order valence-electron chi connectivity index (χ3n) is 4.36. The van der Waals surface area contributed by atoms with Crippen molar-refractivity contribution in [1.29, 1.82) is 0 Å². The van der Waals surface area contributed by atoms with Gasteiger partial charge in [0.2, 0.25) is 0 Å². The zero-order valence-corrected chi connectivity index (χ0v) is 15.1. The Balaban J connectivity index is 1.50. The smallest absolute Gasteiger partial charge is 0.319 e. The van der Waals surface area contributed by atoms with Crippen molar-refractivity contribution in [3.05, 3.63) is 35.8 Å².